The lowest BCUT2D eigenvalue weighted by molar-refractivity contribution is 0.395. The van der Waals surface area contributed by atoms with Gasteiger partial charge in [-0.2, -0.15) is 0 Å². The van der Waals surface area contributed by atoms with Crippen LogP contribution < -0.4 is 9.47 Å². The molecule has 1 heterocycles. The fourth-order valence-corrected chi connectivity index (χ4v) is 1.80. The van der Waals surface area contributed by atoms with E-state index in [1.165, 1.54) is 6.33 Å². The molecule has 0 aliphatic carbocycles. The van der Waals surface area contributed by atoms with Crippen LogP contribution in [0.1, 0.15) is 0 Å². The number of methoxy groups -OCH3 is 2. The van der Waals surface area contributed by atoms with Gasteiger partial charge in [-0.15, -0.1) is 0 Å². The highest BCUT2D eigenvalue weighted by Crippen LogP contribution is 2.32. The van der Waals surface area contributed by atoms with E-state index >= 15 is 0 Å². The number of benzene rings is 1. The van der Waals surface area contributed by atoms with Crippen LogP contribution in [-0.2, 0) is 0 Å². The maximum Gasteiger partial charge on any atom is 0.131 e. The maximum atomic E-state index is 5.33. The second-order valence-corrected chi connectivity index (χ2v) is 4.10. The van der Waals surface area contributed by atoms with Crippen LogP contribution in [0.5, 0.6) is 11.5 Å². The van der Waals surface area contributed by atoms with Crippen molar-refractivity contribution >= 4 is 15.9 Å². The summed E-state index contributed by atoms with van der Waals surface area (Å²) in [5.41, 5.74) is 1.70. The summed E-state index contributed by atoms with van der Waals surface area (Å²) in [6.45, 7) is 0. The van der Waals surface area contributed by atoms with Gasteiger partial charge in [0, 0.05) is 11.6 Å². The van der Waals surface area contributed by atoms with E-state index in [2.05, 4.69) is 25.9 Å². The Balaban J connectivity index is 2.51. The molecule has 0 N–H and O–H groups in total. The number of rotatable bonds is 3. The van der Waals surface area contributed by atoms with Crippen LogP contribution in [0, 0.1) is 0 Å². The van der Waals surface area contributed by atoms with Gasteiger partial charge in [-0.05, 0) is 34.1 Å². The van der Waals surface area contributed by atoms with Crippen LogP contribution >= 0.6 is 15.9 Å². The largest absolute Gasteiger partial charge is 0.497 e. The van der Waals surface area contributed by atoms with Gasteiger partial charge in [-0.3, -0.25) is 0 Å². The predicted molar refractivity (Wildman–Crippen MR) is 68.3 cm³/mol. The van der Waals surface area contributed by atoms with Crippen molar-refractivity contribution < 1.29 is 9.47 Å². The number of halogens is 1. The third-order valence-corrected chi connectivity index (χ3v) is 2.75. The predicted octanol–water partition coefficient (Wildman–Crippen LogP) is 2.92. The summed E-state index contributed by atoms with van der Waals surface area (Å²) in [4.78, 5) is 8.21. The summed E-state index contributed by atoms with van der Waals surface area (Å²) in [6.07, 6.45) is 1.50. The van der Waals surface area contributed by atoms with Crippen LogP contribution in [0.4, 0.5) is 0 Å². The quantitative estimate of drug-likeness (QED) is 0.817. The molecule has 0 aliphatic rings. The monoisotopic (exact) mass is 294 g/mol. The zero-order valence-corrected chi connectivity index (χ0v) is 11.1. The highest BCUT2D eigenvalue weighted by Gasteiger charge is 2.09. The van der Waals surface area contributed by atoms with Crippen LogP contribution in [0.15, 0.2) is 35.2 Å². The van der Waals surface area contributed by atoms with E-state index in [-0.39, 0.29) is 0 Å². The Morgan fingerprint density at radius 1 is 1.06 bits per heavy atom. The minimum atomic E-state index is 0.718. The Hall–Kier alpha value is -1.62. The standard InChI is InChI=1S/C12H11BrN2O2/c1-16-8-3-4-9(11(5-8)17-2)10-6-12(13)15-7-14-10/h3-7H,1-2H3. The van der Waals surface area contributed by atoms with E-state index < -0.39 is 0 Å². The summed E-state index contributed by atoms with van der Waals surface area (Å²) >= 11 is 3.32. The number of nitrogens with zero attached hydrogens (tertiary/aromatic N) is 2. The van der Waals surface area contributed by atoms with Gasteiger partial charge in [0.2, 0.25) is 0 Å². The molecule has 2 aromatic rings. The van der Waals surface area contributed by atoms with Gasteiger partial charge in [0.05, 0.1) is 19.9 Å². The molecule has 0 atom stereocenters. The average molecular weight is 295 g/mol. The molecule has 17 heavy (non-hydrogen) atoms. The second-order valence-electron chi connectivity index (χ2n) is 3.29. The van der Waals surface area contributed by atoms with Crippen molar-refractivity contribution in [3.63, 3.8) is 0 Å². The molecule has 4 nitrogen and oxygen atoms in total. The van der Waals surface area contributed by atoms with E-state index in [0.29, 0.717) is 0 Å². The molecule has 0 amide bonds. The summed E-state index contributed by atoms with van der Waals surface area (Å²) in [7, 11) is 3.24. The van der Waals surface area contributed by atoms with Crippen molar-refractivity contribution in [2.75, 3.05) is 14.2 Å². The normalized spacial score (nSPS) is 10.1. The van der Waals surface area contributed by atoms with Crippen molar-refractivity contribution in [3.05, 3.63) is 35.2 Å². The number of ether oxygens (including phenoxy) is 2. The molecule has 0 radical (unpaired) electrons. The zero-order chi connectivity index (χ0) is 12.3. The Labute approximate surface area is 108 Å². The Morgan fingerprint density at radius 3 is 2.53 bits per heavy atom. The van der Waals surface area contributed by atoms with Gasteiger partial charge in [0.1, 0.15) is 22.4 Å². The first-order valence-electron chi connectivity index (χ1n) is 4.94. The molecule has 1 aromatic heterocycles. The molecule has 0 unspecified atom stereocenters. The lowest BCUT2D eigenvalue weighted by Gasteiger charge is -2.09. The molecule has 0 fully saturated rings. The third-order valence-electron chi connectivity index (χ3n) is 2.32. The maximum absolute atomic E-state index is 5.33. The third kappa shape index (κ3) is 2.55. The lowest BCUT2D eigenvalue weighted by Crippen LogP contribution is -1.92. The highest BCUT2D eigenvalue weighted by molar-refractivity contribution is 9.10. The van der Waals surface area contributed by atoms with Gasteiger partial charge >= 0.3 is 0 Å². The second kappa shape index (κ2) is 5.14. The van der Waals surface area contributed by atoms with Crippen molar-refractivity contribution in [3.8, 4) is 22.8 Å². The van der Waals surface area contributed by atoms with E-state index in [1.807, 2.05) is 24.3 Å². The Kier molecular flexibility index (Phi) is 3.58. The molecule has 0 aliphatic heterocycles. The molecule has 0 bridgehead atoms. The Bertz CT molecular complexity index is 532. The SMILES string of the molecule is COc1ccc(-c2cc(Br)ncn2)c(OC)c1. The van der Waals surface area contributed by atoms with Gasteiger partial charge in [-0.25, -0.2) is 9.97 Å². The van der Waals surface area contributed by atoms with E-state index in [4.69, 9.17) is 9.47 Å². The molecule has 0 saturated heterocycles. The number of hydrogen-bond donors (Lipinski definition) is 0. The fraction of sp³-hybridized carbons (Fsp3) is 0.167. The minimum Gasteiger partial charge on any atom is -0.497 e. The molecular weight excluding hydrogens is 284 g/mol. The number of hydrogen-bond acceptors (Lipinski definition) is 4. The topological polar surface area (TPSA) is 44.2 Å². The highest BCUT2D eigenvalue weighted by atomic mass is 79.9. The summed E-state index contributed by atoms with van der Waals surface area (Å²) in [5.74, 6) is 1.47. The van der Waals surface area contributed by atoms with Crippen LogP contribution in [0.3, 0.4) is 0 Å². The smallest absolute Gasteiger partial charge is 0.131 e. The first kappa shape index (κ1) is 11.9. The zero-order valence-electron chi connectivity index (χ0n) is 9.48. The molecule has 2 rings (SSSR count). The summed E-state index contributed by atoms with van der Waals surface area (Å²) < 4.78 is 11.2. The van der Waals surface area contributed by atoms with E-state index in [9.17, 15) is 0 Å². The molecular formula is C12H11BrN2O2. The molecule has 0 spiro atoms. The van der Waals surface area contributed by atoms with Crippen LogP contribution in [0.2, 0.25) is 0 Å². The van der Waals surface area contributed by atoms with Crippen LogP contribution in [0.25, 0.3) is 11.3 Å². The molecule has 0 saturated carbocycles. The molecule has 1 aromatic carbocycles. The van der Waals surface area contributed by atoms with Gasteiger partial charge in [0.15, 0.2) is 0 Å². The van der Waals surface area contributed by atoms with Crippen molar-refractivity contribution in [1.82, 2.24) is 9.97 Å². The van der Waals surface area contributed by atoms with Crippen molar-refractivity contribution in [2.45, 2.75) is 0 Å². The Morgan fingerprint density at radius 2 is 1.88 bits per heavy atom. The first-order valence-corrected chi connectivity index (χ1v) is 5.74. The minimum absolute atomic E-state index is 0.718. The fourth-order valence-electron chi connectivity index (χ4n) is 1.49. The van der Waals surface area contributed by atoms with E-state index in [0.717, 1.165) is 27.4 Å². The molecule has 5 heteroatoms. The van der Waals surface area contributed by atoms with Gasteiger partial charge < -0.3 is 9.47 Å². The average Bonchev–Trinajstić information content (AvgIpc) is 2.38. The van der Waals surface area contributed by atoms with E-state index in [1.54, 1.807) is 14.2 Å². The van der Waals surface area contributed by atoms with Crippen molar-refractivity contribution in [1.29, 1.82) is 0 Å². The summed E-state index contributed by atoms with van der Waals surface area (Å²) in [6, 6.07) is 7.44. The van der Waals surface area contributed by atoms with Crippen molar-refractivity contribution in [2.24, 2.45) is 0 Å². The van der Waals surface area contributed by atoms with Crippen LogP contribution in [-0.4, -0.2) is 24.2 Å². The first-order chi connectivity index (χ1) is 8.24. The molecule has 88 valence electrons. The van der Waals surface area contributed by atoms with Gasteiger partial charge in [-0.1, -0.05) is 0 Å². The van der Waals surface area contributed by atoms with Gasteiger partial charge in [0.25, 0.3) is 0 Å². The lowest BCUT2D eigenvalue weighted by atomic mass is 10.1. The summed E-state index contributed by atoms with van der Waals surface area (Å²) in [5, 5.41) is 0. The number of aromatic nitrogens is 2.